The summed E-state index contributed by atoms with van der Waals surface area (Å²) < 4.78 is 34.1. The zero-order chi connectivity index (χ0) is 17.6. The SMILES string of the molecule is Cc1noc2ncc(-c3nnc(-c4cccc(S(C)(=O)=O)c4)o3)cc12. The molecule has 4 rings (SSSR count). The Hall–Kier alpha value is -3.07. The Bertz CT molecular complexity index is 1190. The topological polar surface area (TPSA) is 112 Å². The second kappa shape index (κ2) is 5.49. The Morgan fingerprint density at radius 2 is 1.80 bits per heavy atom. The van der Waals surface area contributed by atoms with E-state index >= 15 is 0 Å². The van der Waals surface area contributed by atoms with Gasteiger partial charge >= 0.3 is 0 Å². The second-order valence-corrected chi connectivity index (χ2v) is 7.57. The van der Waals surface area contributed by atoms with Crippen molar-refractivity contribution in [3.05, 3.63) is 42.2 Å². The van der Waals surface area contributed by atoms with Crippen LogP contribution in [0.25, 0.3) is 34.0 Å². The van der Waals surface area contributed by atoms with Gasteiger partial charge in [0.25, 0.3) is 5.71 Å². The molecular formula is C16H12N4O4S. The number of rotatable bonds is 3. The number of aryl methyl sites for hydroxylation is 1. The summed E-state index contributed by atoms with van der Waals surface area (Å²) in [6.45, 7) is 1.81. The fourth-order valence-electron chi connectivity index (χ4n) is 2.38. The third-order valence-corrected chi connectivity index (χ3v) is 4.80. The Morgan fingerprint density at radius 3 is 2.56 bits per heavy atom. The van der Waals surface area contributed by atoms with E-state index in [1.807, 2.05) is 6.92 Å². The summed E-state index contributed by atoms with van der Waals surface area (Å²) in [5.74, 6) is 0.498. The van der Waals surface area contributed by atoms with Crippen molar-refractivity contribution in [2.24, 2.45) is 0 Å². The third kappa shape index (κ3) is 2.78. The summed E-state index contributed by atoms with van der Waals surface area (Å²) in [6, 6.07) is 8.15. The van der Waals surface area contributed by atoms with Crippen LogP contribution in [0.1, 0.15) is 5.69 Å². The quantitative estimate of drug-likeness (QED) is 0.550. The van der Waals surface area contributed by atoms with Crippen molar-refractivity contribution in [1.29, 1.82) is 0 Å². The number of pyridine rings is 1. The maximum atomic E-state index is 11.7. The minimum atomic E-state index is -3.32. The second-order valence-electron chi connectivity index (χ2n) is 5.56. The van der Waals surface area contributed by atoms with Gasteiger partial charge in [0, 0.05) is 18.0 Å². The molecule has 0 saturated heterocycles. The molecule has 8 nitrogen and oxygen atoms in total. The van der Waals surface area contributed by atoms with E-state index in [4.69, 9.17) is 8.94 Å². The zero-order valence-corrected chi connectivity index (χ0v) is 14.1. The molecule has 0 aliphatic heterocycles. The Morgan fingerprint density at radius 1 is 1.04 bits per heavy atom. The van der Waals surface area contributed by atoms with Crippen LogP contribution >= 0.6 is 0 Å². The smallest absolute Gasteiger partial charge is 0.257 e. The van der Waals surface area contributed by atoms with Gasteiger partial charge in [-0.25, -0.2) is 13.4 Å². The van der Waals surface area contributed by atoms with Gasteiger partial charge in [0.15, 0.2) is 9.84 Å². The van der Waals surface area contributed by atoms with E-state index in [0.29, 0.717) is 22.5 Å². The molecule has 0 spiro atoms. The van der Waals surface area contributed by atoms with Crippen molar-refractivity contribution in [2.75, 3.05) is 6.26 Å². The molecule has 126 valence electrons. The minimum absolute atomic E-state index is 0.188. The maximum Gasteiger partial charge on any atom is 0.257 e. The van der Waals surface area contributed by atoms with Gasteiger partial charge in [-0.15, -0.1) is 10.2 Å². The molecule has 0 N–H and O–H groups in total. The fourth-order valence-corrected chi connectivity index (χ4v) is 3.05. The van der Waals surface area contributed by atoms with Crippen LogP contribution in [-0.4, -0.2) is 35.0 Å². The van der Waals surface area contributed by atoms with Crippen LogP contribution in [0.4, 0.5) is 0 Å². The number of sulfone groups is 1. The Labute approximate surface area is 142 Å². The van der Waals surface area contributed by atoms with Crippen LogP contribution < -0.4 is 0 Å². The largest absolute Gasteiger partial charge is 0.416 e. The lowest BCUT2D eigenvalue weighted by atomic mass is 10.2. The molecule has 0 aliphatic rings. The van der Waals surface area contributed by atoms with Gasteiger partial charge in [0.05, 0.1) is 21.5 Å². The molecule has 0 aliphatic carbocycles. The van der Waals surface area contributed by atoms with E-state index in [1.165, 1.54) is 12.1 Å². The number of nitrogens with zero attached hydrogens (tertiary/aromatic N) is 4. The molecule has 0 saturated carbocycles. The molecule has 0 radical (unpaired) electrons. The summed E-state index contributed by atoms with van der Waals surface area (Å²) >= 11 is 0. The van der Waals surface area contributed by atoms with Gasteiger partial charge < -0.3 is 8.94 Å². The van der Waals surface area contributed by atoms with Crippen LogP contribution in [0.3, 0.4) is 0 Å². The summed E-state index contributed by atoms with van der Waals surface area (Å²) in [5.41, 5.74) is 2.29. The van der Waals surface area contributed by atoms with Gasteiger partial charge in [-0.2, -0.15) is 0 Å². The van der Waals surface area contributed by atoms with Crippen molar-refractivity contribution < 1.29 is 17.4 Å². The van der Waals surface area contributed by atoms with Crippen LogP contribution in [0.5, 0.6) is 0 Å². The van der Waals surface area contributed by atoms with Crippen molar-refractivity contribution in [2.45, 2.75) is 11.8 Å². The molecule has 0 bridgehead atoms. The van der Waals surface area contributed by atoms with Gasteiger partial charge in [0.2, 0.25) is 11.8 Å². The normalized spacial score (nSPS) is 11.9. The highest BCUT2D eigenvalue weighted by molar-refractivity contribution is 7.90. The number of hydrogen-bond acceptors (Lipinski definition) is 8. The Kier molecular flexibility index (Phi) is 3.39. The molecular weight excluding hydrogens is 344 g/mol. The average molecular weight is 356 g/mol. The van der Waals surface area contributed by atoms with E-state index < -0.39 is 9.84 Å². The maximum absolute atomic E-state index is 11.7. The monoisotopic (exact) mass is 356 g/mol. The lowest BCUT2D eigenvalue weighted by Gasteiger charge is -2.00. The standard InChI is InChI=1S/C16H12N4O4S/c1-9-13-7-11(8-17-16(13)24-20-9)15-19-18-14(23-15)10-4-3-5-12(6-10)25(2,21)22/h3-8H,1-2H3. The first kappa shape index (κ1) is 15.5. The van der Waals surface area contributed by atoms with Crippen LogP contribution in [-0.2, 0) is 9.84 Å². The minimum Gasteiger partial charge on any atom is -0.416 e. The first-order chi connectivity index (χ1) is 11.9. The van der Waals surface area contributed by atoms with E-state index in [0.717, 1.165) is 11.6 Å². The molecule has 0 unspecified atom stereocenters. The first-order valence-electron chi connectivity index (χ1n) is 7.28. The molecule has 25 heavy (non-hydrogen) atoms. The van der Waals surface area contributed by atoms with Crippen LogP contribution in [0.2, 0.25) is 0 Å². The van der Waals surface area contributed by atoms with Crippen LogP contribution in [0, 0.1) is 6.92 Å². The van der Waals surface area contributed by atoms with E-state index in [2.05, 4.69) is 20.3 Å². The molecule has 4 aromatic rings. The number of benzene rings is 1. The van der Waals surface area contributed by atoms with Gasteiger partial charge in [-0.05, 0) is 31.2 Å². The highest BCUT2D eigenvalue weighted by Gasteiger charge is 2.15. The first-order valence-corrected chi connectivity index (χ1v) is 9.17. The predicted molar refractivity (Wildman–Crippen MR) is 88.4 cm³/mol. The van der Waals surface area contributed by atoms with Gasteiger partial charge in [-0.1, -0.05) is 11.2 Å². The molecule has 1 aromatic carbocycles. The molecule has 0 fully saturated rings. The zero-order valence-electron chi connectivity index (χ0n) is 13.3. The molecule has 3 aromatic heterocycles. The van der Waals surface area contributed by atoms with Crippen molar-refractivity contribution in [1.82, 2.24) is 20.3 Å². The Balaban J connectivity index is 1.76. The van der Waals surface area contributed by atoms with Crippen LogP contribution in [0.15, 0.2) is 50.4 Å². The summed E-state index contributed by atoms with van der Waals surface area (Å²) in [7, 11) is -3.32. The van der Waals surface area contributed by atoms with E-state index in [9.17, 15) is 8.42 Å². The summed E-state index contributed by atoms with van der Waals surface area (Å²) in [6.07, 6.45) is 2.70. The molecule has 0 atom stereocenters. The third-order valence-electron chi connectivity index (χ3n) is 3.69. The van der Waals surface area contributed by atoms with E-state index in [-0.39, 0.29) is 16.7 Å². The molecule has 0 amide bonds. The molecule has 3 heterocycles. The lowest BCUT2D eigenvalue weighted by molar-refractivity contribution is 0.443. The summed E-state index contributed by atoms with van der Waals surface area (Å²) in [4.78, 5) is 4.36. The highest BCUT2D eigenvalue weighted by atomic mass is 32.2. The van der Waals surface area contributed by atoms with Crippen molar-refractivity contribution >= 4 is 20.9 Å². The van der Waals surface area contributed by atoms with Gasteiger partial charge in [-0.3, -0.25) is 0 Å². The fraction of sp³-hybridized carbons (Fsp3) is 0.125. The number of aromatic nitrogens is 4. The highest BCUT2D eigenvalue weighted by Crippen LogP contribution is 2.27. The van der Waals surface area contributed by atoms with E-state index in [1.54, 1.807) is 24.4 Å². The number of fused-ring (bicyclic) bond motifs is 1. The number of hydrogen-bond donors (Lipinski definition) is 0. The van der Waals surface area contributed by atoms with Crippen molar-refractivity contribution in [3.63, 3.8) is 0 Å². The van der Waals surface area contributed by atoms with Gasteiger partial charge in [0.1, 0.15) is 0 Å². The van der Waals surface area contributed by atoms with Crippen molar-refractivity contribution in [3.8, 4) is 22.9 Å². The predicted octanol–water partition coefficient (Wildman–Crippen LogP) is 2.65. The average Bonchev–Trinajstić information content (AvgIpc) is 3.22. The summed E-state index contributed by atoms with van der Waals surface area (Å²) in [5, 5.41) is 12.6. The lowest BCUT2D eigenvalue weighted by Crippen LogP contribution is -1.96. The molecule has 9 heteroatoms.